The molecule has 1 saturated carbocycles. The smallest absolute Gasteiger partial charge is 0.308 e. The molecule has 1 aliphatic rings. The van der Waals surface area contributed by atoms with Crippen molar-refractivity contribution in [2.75, 3.05) is 0 Å². The lowest BCUT2D eigenvalue weighted by molar-refractivity contribution is -0.136. The molecule has 0 aliphatic heterocycles. The van der Waals surface area contributed by atoms with E-state index in [1.807, 2.05) is 12.1 Å². The van der Waals surface area contributed by atoms with E-state index in [1.54, 1.807) is 0 Å². The highest BCUT2D eigenvalue weighted by Gasteiger charge is 2.22. The predicted octanol–water partition coefficient (Wildman–Crippen LogP) is 1.77. The van der Waals surface area contributed by atoms with Gasteiger partial charge in [-0.3, -0.25) is 4.79 Å². The Morgan fingerprint density at radius 2 is 2.06 bits per heavy atom. The van der Waals surface area contributed by atoms with Gasteiger partial charge in [-0.25, -0.2) is 0 Å². The van der Waals surface area contributed by atoms with E-state index in [4.69, 9.17) is 5.11 Å². The third-order valence-electron chi connectivity index (χ3n) is 3.31. The normalized spacial score (nSPS) is 24.1. The number of carboxylic acids is 1. The lowest BCUT2D eigenvalue weighted by atomic mass is 9.92. The molecule has 1 aromatic heterocycles. The SMILES string of the molecule is O=C(O)Cc1ccc(CNC2CCCCC2O)s1. The van der Waals surface area contributed by atoms with Crippen LogP contribution in [-0.4, -0.2) is 28.3 Å². The van der Waals surface area contributed by atoms with Crippen molar-refractivity contribution in [2.24, 2.45) is 0 Å². The first-order valence-electron chi connectivity index (χ1n) is 6.36. The van der Waals surface area contributed by atoms with Gasteiger partial charge in [-0.05, 0) is 25.0 Å². The van der Waals surface area contributed by atoms with Gasteiger partial charge in [-0.15, -0.1) is 11.3 Å². The van der Waals surface area contributed by atoms with Gasteiger partial charge in [-0.2, -0.15) is 0 Å². The topological polar surface area (TPSA) is 69.6 Å². The first-order chi connectivity index (χ1) is 8.65. The van der Waals surface area contributed by atoms with Crippen molar-refractivity contribution in [1.29, 1.82) is 0 Å². The Kier molecular flexibility index (Phi) is 4.74. The molecule has 2 rings (SSSR count). The summed E-state index contributed by atoms with van der Waals surface area (Å²) in [6.45, 7) is 0.714. The summed E-state index contributed by atoms with van der Waals surface area (Å²) in [6, 6.07) is 4.02. The maximum Gasteiger partial charge on any atom is 0.308 e. The van der Waals surface area contributed by atoms with Crippen LogP contribution in [0.25, 0.3) is 0 Å². The van der Waals surface area contributed by atoms with Gasteiger partial charge in [0.25, 0.3) is 0 Å². The van der Waals surface area contributed by atoms with Gasteiger partial charge in [0.2, 0.25) is 0 Å². The second kappa shape index (κ2) is 6.31. The molecule has 1 aromatic rings. The number of rotatable bonds is 5. The molecule has 0 spiro atoms. The van der Waals surface area contributed by atoms with E-state index >= 15 is 0 Å². The first kappa shape index (κ1) is 13.5. The summed E-state index contributed by atoms with van der Waals surface area (Å²) in [5.74, 6) is -0.793. The fourth-order valence-electron chi connectivity index (χ4n) is 2.34. The van der Waals surface area contributed by atoms with Gasteiger partial charge in [0.1, 0.15) is 0 Å². The van der Waals surface area contributed by atoms with Gasteiger partial charge in [0.15, 0.2) is 0 Å². The zero-order chi connectivity index (χ0) is 13.0. The van der Waals surface area contributed by atoms with Crippen LogP contribution >= 0.6 is 11.3 Å². The van der Waals surface area contributed by atoms with Gasteiger partial charge in [-0.1, -0.05) is 12.8 Å². The van der Waals surface area contributed by atoms with Crippen molar-refractivity contribution >= 4 is 17.3 Å². The Labute approximate surface area is 111 Å². The third kappa shape index (κ3) is 3.80. The van der Waals surface area contributed by atoms with Gasteiger partial charge >= 0.3 is 5.97 Å². The van der Waals surface area contributed by atoms with Crippen molar-refractivity contribution in [3.63, 3.8) is 0 Å². The maximum atomic E-state index is 10.6. The van der Waals surface area contributed by atoms with Crippen LogP contribution < -0.4 is 5.32 Å². The monoisotopic (exact) mass is 269 g/mol. The van der Waals surface area contributed by atoms with E-state index in [2.05, 4.69) is 5.32 Å². The van der Waals surface area contributed by atoms with Crippen molar-refractivity contribution in [1.82, 2.24) is 5.32 Å². The predicted molar refractivity (Wildman–Crippen MR) is 70.8 cm³/mol. The summed E-state index contributed by atoms with van der Waals surface area (Å²) >= 11 is 1.53. The Hall–Kier alpha value is -0.910. The Morgan fingerprint density at radius 1 is 1.33 bits per heavy atom. The average molecular weight is 269 g/mol. The molecular weight excluding hydrogens is 250 g/mol. The number of nitrogens with one attached hydrogen (secondary N) is 1. The largest absolute Gasteiger partial charge is 0.481 e. The molecule has 2 unspecified atom stereocenters. The number of carbonyl (C=O) groups is 1. The molecule has 1 fully saturated rings. The van der Waals surface area contributed by atoms with E-state index in [0.29, 0.717) is 6.54 Å². The summed E-state index contributed by atoms with van der Waals surface area (Å²) in [5.41, 5.74) is 0. The lowest BCUT2D eigenvalue weighted by Gasteiger charge is -2.28. The Bertz CT molecular complexity index is 405. The fraction of sp³-hybridized carbons (Fsp3) is 0.615. The first-order valence-corrected chi connectivity index (χ1v) is 7.17. The summed E-state index contributed by atoms with van der Waals surface area (Å²) in [6.07, 6.45) is 4.04. The van der Waals surface area contributed by atoms with Crippen molar-refractivity contribution < 1.29 is 15.0 Å². The molecule has 0 amide bonds. The highest BCUT2D eigenvalue weighted by molar-refractivity contribution is 7.12. The van der Waals surface area contributed by atoms with Crippen LogP contribution in [0.3, 0.4) is 0 Å². The lowest BCUT2D eigenvalue weighted by Crippen LogP contribution is -2.41. The van der Waals surface area contributed by atoms with Crippen LogP contribution in [0.4, 0.5) is 0 Å². The molecule has 100 valence electrons. The van der Waals surface area contributed by atoms with Crippen molar-refractivity contribution in [3.8, 4) is 0 Å². The number of aliphatic hydroxyl groups is 1. The quantitative estimate of drug-likeness (QED) is 0.762. The van der Waals surface area contributed by atoms with Crippen LogP contribution in [0, 0.1) is 0 Å². The Morgan fingerprint density at radius 3 is 2.78 bits per heavy atom. The summed E-state index contributed by atoms with van der Waals surface area (Å²) < 4.78 is 0. The van der Waals surface area contributed by atoms with Crippen LogP contribution in [0.15, 0.2) is 12.1 Å². The van der Waals surface area contributed by atoms with Gasteiger partial charge in [0.05, 0.1) is 12.5 Å². The van der Waals surface area contributed by atoms with E-state index in [1.165, 1.54) is 17.8 Å². The molecule has 0 saturated heterocycles. The minimum Gasteiger partial charge on any atom is -0.481 e. The summed E-state index contributed by atoms with van der Waals surface area (Å²) in [5, 5.41) is 21.9. The number of aliphatic carboxylic acids is 1. The minimum atomic E-state index is -0.793. The van der Waals surface area contributed by atoms with Crippen molar-refractivity contribution in [3.05, 3.63) is 21.9 Å². The van der Waals surface area contributed by atoms with E-state index in [9.17, 15) is 9.90 Å². The summed E-state index contributed by atoms with van der Waals surface area (Å²) in [4.78, 5) is 12.6. The molecule has 0 aromatic carbocycles. The maximum absolute atomic E-state index is 10.6. The van der Waals surface area contributed by atoms with E-state index in [-0.39, 0.29) is 18.6 Å². The Balaban J connectivity index is 1.82. The molecule has 18 heavy (non-hydrogen) atoms. The number of hydrogen-bond donors (Lipinski definition) is 3. The zero-order valence-corrected chi connectivity index (χ0v) is 11.1. The molecule has 5 heteroatoms. The highest BCUT2D eigenvalue weighted by atomic mass is 32.1. The number of aliphatic hydroxyl groups excluding tert-OH is 1. The van der Waals surface area contributed by atoms with Crippen LogP contribution in [0.1, 0.15) is 35.4 Å². The van der Waals surface area contributed by atoms with Gasteiger partial charge in [0, 0.05) is 22.3 Å². The van der Waals surface area contributed by atoms with Crippen molar-refractivity contribution in [2.45, 2.75) is 50.8 Å². The number of hydrogen-bond acceptors (Lipinski definition) is 4. The van der Waals surface area contributed by atoms with Crippen LogP contribution in [0.5, 0.6) is 0 Å². The molecule has 1 heterocycles. The standard InChI is InChI=1S/C13H19NO3S/c15-12-4-2-1-3-11(12)14-8-10-6-5-9(18-10)7-13(16)17/h5-6,11-12,14-15H,1-4,7-8H2,(H,16,17). The molecule has 2 atom stereocenters. The second-order valence-corrected chi connectivity index (χ2v) is 6.03. The molecule has 3 N–H and O–H groups in total. The summed E-state index contributed by atoms with van der Waals surface area (Å²) in [7, 11) is 0. The van der Waals surface area contributed by atoms with Gasteiger partial charge < -0.3 is 15.5 Å². The zero-order valence-electron chi connectivity index (χ0n) is 10.3. The molecule has 0 bridgehead atoms. The van der Waals surface area contributed by atoms with Crippen LogP contribution in [0.2, 0.25) is 0 Å². The molecule has 0 radical (unpaired) electrons. The molecular formula is C13H19NO3S. The minimum absolute atomic E-state index is 0.0940. The highest BCUT2D eigenvalue weighted by Crippen LogP contribution is 2.21. The number of thiophene rings is 1. The fourth-order valence-corrected chi connectivity index (χ4v) is 3.30. The third-order valence-corrected chi connectivity index (χ3v) is 4.40. The van der Waals surface area contributed by atoms with E-state index < -0.39 is 5.97 Å². The average Bonchev–Trinajstić information content (AvgIpc) is 2.75. The molecule has 4 nitrogen and oxygen atoms in total. The van der Waals surface area contributed by atoms with Crippen LogP contribution in [-0.2, 0) is 17.8 Å². The second-order valence-electron chi connectivity index (χ2n) is 4.78. The molecule has 1 aliphatic carbocycles. The number of carboxylic acid groups (broad SMARTS) is 1. The van der Waals surface area contributed by atoms with E-state index in [0.717, 1.165) is 29.0 Å².